The van der Waals surface area contributed by atoms with Crippen LogP contribution in [0.25, 0.3) is 0 Å². The van der Waals surface area contributed by atoms with Gasteiger partial charge in [0.25, 0.3) is 5.91 Å². The van der Waals surface area contributed by atoms with Crippen LogP contribution in [-0.4, -0.2) is 42.5 Å². The Balaban J connectivity index is 1.72. The van der Waals surface area contributed by atoms with E-state index in [1.807, 2.05) is 0 Å². The third-order valence-corrected chi connectivity index (χ3v) is 5.64. The average Bonchev–Trinajstić information content (AvgIpc) is 3.00. The summed E-state index contributed by atoms with van der Waals surface area (Å²) < 4.78 is 5.31. The summed E-state index contributed by atoms with van der Waals surface area (Å²) in [6.45, 7) is 0.581. The Morgan fingerprint density at radius 2 is 1.85 bits per heavy atom. The van der Waals surface area contributed by atoms with Gasteiger partial charge in [0.15, 0.2) is 0 Å². The Morgan fingerprint density at radius 1 is 1.12 bits per heavy atom. The first kappa shape index (κ1) is 19.0. The lowest BCUT2D eigenvalue weighted by Crippen LogP contribution is -2.48. The summed E-state index contributed by atoms with van der Waals surface area (Å²) in [6.07, 6.45) is 8.42. The summed E-state index contributed by atoms with van der Waals surface area (Å²) in [7, 11) is 1.53. The molecule has 6 heteroatoms. The van der Waals surface area contributed by atoms with Gasteiger partial charge in [0.05, 0.1) is 12.7 Å². The van der Waals surface area contributed by atoms with E-state index in [0.717, 1.165) is 32.1 Å². The standard InChI is InChI=1S/C20H27ClN2O3/c1-26-18-11-10-14(21)13-16(18)20(25)23-12-6-9-17(23)19(24)22-15-7-4-2-3-5-8-15/h10-11,13,15,17H,2-9,12H2,1H3,(H,22,24). The third kappa shape index (κ3) is 4.32. The molecule has 1 saturated carbocycles. The molecule has 26 heavy (non-hydrogen) atoms. The molecule has 1 unspecified atom stereocenters. The second-order valence-corrected chi connectivity index (χ2v) is 7.63. The first-order valence-corrected chi connectivity index (χ1v) is 9.93. The lowest BCUT2D eigenvalue weighted by molar-refractivity contribution is -0.125. The van der Waals surface area contributed by atoms with Crippen molar-refractivity contribution in [2.24, 2.45) is 0 Å². The van der Waals surface area contributed by atoms with Gasteiger partial charge in [0, 0.05) is 17.6 Å². The van der Waals surface area contributed by atoms with Crippen molar-refractivity contribution in [1.82, 2.24) is 10.2 Å². The molecule has 1 saturated heterocycles. The van der Waals surface area contributed by atoms with Crippen LogP contribution in [0.15, 0.2) is 18.2 Å². The molecule has 2 fully saturated rings. The molecular weight excluding hydrogens is 352 g/mol. The third-order valence-electron chi connectivity index (χ3n) is 5.41. The average molecular weight is 379 g/mol. The fraction of sp³-hybridized carbons (Fsp3) is 0.600. The van der Waals surface area contributed by atoms with Crippen molar-refractivity contribution in [2.75, 3.05) is 13.7 Å². The molecule has 142 valence electrons. The van der Waals surface area contributed by atoms with Crippen molar-refractivity contribution in [3.05, 3.63) is 28.8 Å². The van der Waals surface area contributed by atoms with E-state index in [-0.39, 0.29) is 17.9 Å². The number of hydrogen-bond acceptors (Lipinski definition) is 3. The summed E-state index contributed by atoms with van der Waals surface area (Å²) >= 11 is 6.06. The molecule has 2 aliphatic rings. The predicted molar refractivity (Wildman–Crippen MR) is 102 cm³/mol. The number of benzene rings is 1. The van der Waals surface area contributed by atoms with Crippen molar-refractivity contribution in [3.8, 4) is 5.75 Å². The Morgan fingerprint density at radius 3 is 2.54 bits per heavy atom. The normalized spacial score (nSPS) is 21.3. The molecular formula is C20H27ClN2O3. The van der Waals surface area contributed by atoms with Gasteiger partial charge in [0.1, 0.15) is 11.8 Å². The minimum atomic E-state index is -0.408. The number of halogens is 1. The molecule has 1 aliphatic heterocycles. The maximum absolute atomic E-state index is 13.0. The summed E-state index contributed by atoms with van der Waals surface area (Å²) in [5.74, 6) is 0.265. The van der Waals surface area contributed by atoms with Crippen LogP contribution in [-0.2, 0) is 4.79 Å². The van der Waals surface area contributed by atoms with Gasteiger partial charge in [-0.25, -0.2) is 0 Å². The van der Waals surface area contributed by atoms with Crippen molar-refractivity contribution in [2.45, 2.75) is 63.5 Å². The number of ether oxygens (including phenoxy) is 1. The minimum Gasteiger partial charge on any atom is -0.496 e. The van der Waals surface area contributed by atoms with Crippen LogP contribution in [0, 0.1) is 0 Å². The highest BCUT2D eigenvalue weighted by Gasteiger charge is 2.36. The van der Waals surface area contributed by atoms with Crippen molar-refractivity contribution < 1.29 is 14.3 Å². The molecule has 1 atom stereocenters. The second kappa shape index (κ2) is 8.76. The van der Waals surface area contributed by atoms with Crippen molar-refractivity contribution in [1.29, 1.82) is 0 Å². The van der Waals surface area contributed by atoms with Crippen LogP contribution in [0.2, 0.25) is 5.02 Å². The van der Waals surface area contributed by atoms with E-state index in [9.17, 15) is 9.59 Å². The number of methoxy groups -OCH3 is 1. The number of nitrogens with zero attached hydrogens (tertiary/aromatic N) is 1. The minimum absolute atomic E-state index is 0.0243. The van der Waals surface area contributed by atoms with E-state index in [1.165, 1.54) is 20.0 Å². The van der Waals surface area contributed by atoms with Gasteiger partial charge in [-0.3, -0.25) is 9.59 Å². The molecule has 1 heterocycles. The summed E-state index contributed by atoms with van der Waals surface area (Å²) in [6, 6.07) is 4.82. The fourth-order valence-electron chi connectivity index (χ4n) is 4.01. The van der Waals surface area contributed by atoms with Gasteiger partial charge in [0.2, 0.25) is 5.91 Å². The lowest BCUT2D eigenvalue weighted by Gasteiger charge is -2.27. The first-order valence-electron chi connectivity index (χ1n) is 9.55. The van der Waals surface area contributed by atoms with E-state index >= 15 is 0 Å². The topological polar surface area (TPSA) is 58.6 Å². The van der Waals surface area contributed by atoms with Crippen molar-refractivity contribution in [3.63, 3.8) is 0 Å². The van der Waals surface area contributed by atoms with Gasteiger partial charge in [-0.05, 0) is 43.9 Å². The molecule has 3 rings (SSSR count). The number of carbonyl (C=O) groups excluding carboxylic acids is 2. The largest absolute Gasteiger partial charge is 0.496 e. The zero-order chi connectivity index (χ0) is 18.5. The molecule has 2 amide bonds. The number of carbonyl (C=O) groups is 2. The van der Waals surface area contributed by atoms with E-state index in [2.05, 4.69) is 5.32 Å². The van der Waals surface area contributed by atoms with E-state index < -0.39 is 6.04 Å². The molecule has 0 radical (unpaired) electrons. The van der Waals surface area contributed by atoms with Gasteiger partial charge in [-0.2, -0.15) is 0 Å². The highest BCUT2D eigenvalue weighted by atomic mass is 35.5. The maximum Gasteiger partial charge on any atom is 0.258 e. The number of rotatable bonds is 4. The summed E-state index contributed by atoms with van der Waals surface area (Å²) in [5.41, 5.74) is 0.411. The van der Waals surface area contributed by atoms with E-state index in [1.54, 1.807) is 23.1 Å². The first-order chi connectivity index (χ1) is 12.6. The highest BCUT2D eigenvalue weighted by molar-refractivity contribution is 6.31. The molecule has 5 nitrogen and oxygen atoms in total. The highest BCUT2D eigenvalue weighted by Crippen LogP contribution is 2.28. The Bertz CT molecular complexity index is 656. The van der Waals surface area contributed by atoms with Crippen LogP contribution in [0.1, 0.15) is 61.7 Å². The summed E-state index contributed by atoms with van der Waals surface area (Å²) in [5, 5.41) is 3.67. The Labute approximate surface area is 160 Å². The summed E-state index contributed by atoms with van der Waals surface area (Å²) in [4.78, 5) is 27.5. The Kier molecular flexibility index (Phi) is 6.41. The molecule has 0 spiro atoms. The zero-order valence-corrected chi connectivity index (χ0v) is 16.1. The number of hydrogen-bond donors (Lipinski definition) is 1. The molecule has 0 bridgehead atoms. The number of nitrogens with one attached hydrogen (secondary N) is 1. The second-order valence-electron chi connectivity index (χ2n) is 7.20. The molecule has 1 aromatic rings. The van der Waals surface area contributed by atoms with Gasteiger partial charge in [-0.15, -0.1) is 0 Å². The van der Waals surface area contributed by atoms with Crippen LogP contribution in [0.5, 0.6) is 5.75 Å². The van der Waals surface area contributed by atoms with Gasteiger partial charge >= 0.3 is 0 Å². The number of likely N-dealkylation sites (tertiary alicyclic amines) is 1. The quantitative estimate of drug-likeness (QED) is 0.811. The van der Waals surface area contributed by atoms with E-state index in [0.29, 0.717) is 29.3 Å². The smallest absolute Gasteiger partial charge is 0.258 e. The Hall–Kier alpha value is -1.75. The van der Waals surface area contributed by atoms with Gasteiger partial charge < -0.3 is 15.0 Å². The van der Waals surface area contributed by atoms with Crippen molar-refractivity contribution >= 4 is 23.4 Å². The zero-order valence-electron chi connectivity index (χ0n) is 15.3. The molecule has 1 N–H and O–H groups in total. The molecule has 1 aliphatic carbocycles. The number of amides is 2. The SMILES string of the molecule is COc1ccc(Cl)cc1C(=O)N1CCCC1C(=O)NC1CCCCCC1. The van der Waals surface area contributed by atoms with Gasteiger partial charge in [-0.1, -0.05) is 37.3 Å². The van der Waals surface area contributed by atoms with Crippen LogP contribution >= 0.6 is 11.6 Å². The lowest BCUT2D eigenvalue weighted by atomic mass is 10.1. The molecule has 1 aromatic carbocycles. The monoisotopic (exact) mass is 378 g/mol. The van der Waals surface area contributed by atoms with E-state index in [4.69, 9.17) is 16.3 Å². The van der Waals surface area contributed by atoms with Crippen LogP contribution in [0.4, 0.5) is 0 Å². The maximum atomic E-state index is 13.0. The predicted octanol–water partition coefficient (Wildman–Crippen LogP) is 3.79. The fourth-order valence-corrected chi connectivity index (χ4v) is 4.18. The van der Waals surface area contributed by atoms with Crippen LogP contribution < -0.4 is 10.1 Å². The van der Waals surface area contributed by atoms with Crippen LogP contribution in [0.3, 0.4) is 0 Å². The molecule has 0 aromatic heterocycles.